The van der Waals surface area contributed by atoms with Crippen LogP contribution >= 0.6 is 31.9 Å². The monoisotopic (exact) mass is 412 g/mol. The van der Waals surface area contributed by atoms with Gasteiger partial charge >= 0.3 is 0 Å². The summed E-state index contributed by atoms with van der Waals surface area (Å²) in [5, 5.41) is 13.4. The van der Waals surface area contributed by atoms with Crippen molar-refractivity contribution in [2.75, 3.05) is 5.32 Å². The molecule has 0 saturated heterocycles. The highest BCUT2D eigenvalue weighted by Gasteiger charge is 2.14. The number of benzene rings is 2. The molecule has 0 aliphatic heterocycles. The summed E-state index contributed by atoms with van der Waals surface area (Å²) < 4.78 is 1.24. The van der Waals surface area contributed by atoms with Crippen LogP contribution in [-0.2, 0) is 0 Å². The van der Waals surface area contributed by atoms with E-state index in [1.54, 1.807) is 6.07 Å². The van der Waals surface area contributed by atoms with Crippen molar-refractivity contribution in [1.29, 1.82) is 0 Å². The zero-order valence-electron chi connectivity index (χ0n) is 10.9. The van der Waals surface area contributed by atoms with Gasteiger partial charge in [0.25, 0.3) is 11.6 Å². The molecule has 2 aromatic rings. The van der Waals surface area contributed by atoms with Gasteiger partial charge in [-0.2, -0.15) is 0 Å². The number of rotatable bonds is 3. The van der Waals surface area contributed by atoms with Gasteiger partial charge in [0.1, 0.15) is 0 Å². The predicted octanol–water partition coefficient (Wildman–Crippen LogP) is 4.68. The molecule has 0 bridgehead atoms. The number of aryl methyl sites for hydroxylation is 1. The minimum atomic E-state index is -0.510. The first-order valence-corrected chi connectivity index (χ1v) is 7.48. The lowest BCUT2D eigenvalue weighted by Gasteiger charge is -2.09. The van der Waals surface area contributed by atoms with Crippen molar-refractivity contribution >= 4 is 49.1 Å². The van der Waals surface area contributed by atoms with E-state index in [-0.39, 0.29) is 11.6 Å². The van der Waals surface area contributed by atoms with Crippen LogP contribution in [0.2, 0.25) is 0 Å². The van der Waals surface area contributed by atoms with E-state index in [1.165, 1.54) is 18.2 Å². The van der Waals surface area contributed by atoms with Gasteiger partial charge in [-0.15, -0.1) is 0 Å². The Kier molecular flexibility index (Phi) is 4.74. The van der Waals surface area contributed by atoms with E-state index >= 15 is 0 Å². The van der Waals surface area contributed by atoms with Crippen LogP contribution in [0.5, 0.6) is 0 Å². The third-order valence-corrected chi connectivity index (χ3v) is 4.13. The highest BCUT2D eigenvalue weighted by atomic mass is 79.9. The molecule has 0 aromatic heterocycles. The third-order valence-electron chi connectivity index (χ3n) is 2.78. The maximum atomic E-state index is 12.2. The fourth-order valence-electron chi connectivity index (χ4n) is 1.72. The second-order valence-electron chi connectivity index (χ2n) is 4.36. The number of hydrogen-bond acceptors (Lipinski definition) is 3. The molecular weight excluding hydrogens is 404 g/mol. The second kappa shape index (κ2) is 6.36. The molecule has 0 saturated carbocycles. The number of carbonyl (C=O) groups is 1. The Labute approximate surface area is 137 Å². The number of nitrogens with one attached hydrogen (secondary N) is 1. The van der Waals surface area contributed by atoms with Crippen LogP contribution in [0.15, 0.2) is 45.3 Å². The normalized spacial score (nSPS) is 10.2. The number of nitrogens with zero attached hydrogens (tertiary/aromatic N) is 1. The van der Waals surface area contributed by atoms with E-state index in [1.807, 2.05) is 19.1 Å². The van der Waals surface area contributed by atoms with Gasteiger partial charge in [0, 0.05) is 21.1 Å². The number of carbonyl (C=O) groups excluding carboxylic acids is 1. The summed E-state index contributed by atoms with van der Waals surface area (Å²) in [7, 11) is 0. The number of nitro benzene ring substituents is 1. The van der Waals surface area contributed by atoms with Crippen LogP contribution in [0, 0.1) is 17.0 Å². The van der Waals surface area contributed by atoms with Crippen molar-refractivity contribution in [3.63, 3.8) is 0 Å². The standard InChI is InChI=1S/C14H10Br2N2O3/c1-8-2-4-10(12(16)6-8)14(19)17-13-7-9(18(20)21)3-5-11(13)15/h2-7H,1H3,(H,17,19). The highest BCUT2D eigenvalue weighted by Crippen LogP contribution is 2.28. The average molecular weight is 414 g/mol. The lowest BCUT2D eigenvalue weighted by Crippen LogP contribution is -2.13. The van der Waals surface area contributed by atoms with Crippen LogP contribution in [0.1, 0.15) is 15.9 Å². The van der Waals surface area contributed by atoms with Crippen LogP contribution in [0.3, 0.4) is 0 Å². The number of anilines is 1. The van der Waals surface area contributed by atoms with Crippen molar-refractivity contribution in [2.24, 2.45) is 0 Å². The highest BCUT2D eigenvalue weighted by molar-refractivity contribution is 9.11. The summed E-state index contributed by atoms with van der Waals surface area (Å²) in [6, 6.07) is 9.54. The number of nitro groups is 1. The van der Waals surface area contributed by atoms with E-state index in [4.69, 9.17) is 0 Å². The fraction of sp³-hybridized carbons (Fsp3) is 0.0714. The molecule has 21 heavy (non-hydrogen) atoms. The van der Waals surface area contributed by atoms with E-state index in [0.717, 1.165) is 5.56 Å². The number of amides is 1. The van der Waals surface area contributed by atoms with Gasteiger partial charge in [-0.3, -0.25) is 14.9 Å². The molecule has 0 aliphatic carbocycles. The topological polar surface area (TPSA) is 72.2 Å². The lowest BCUT2D eigenvalue weighted by molar-refractivity contribution is -0.384. The van der Waals surface area contributed by atoms with Crippen LogP contribution in [0.25, 0.3) is 0 Å². The van der Waals surface area contributed by atoms with E-state index in [2.05, 4.69) is 37.2 Å². The summed E-state index contributed by atoms with van der Waals surface area (Å²) in [6.07, 6.45) is 0. The summed E-state index contributed by atoms with van der Waals surface area (Å²) in [6.45, 7) is 1.92. The average Bonchev–Trinajstić information content (AvgIpc) is 2.40. The van der Waals surface area contributed by atoms with Crippen LogP contribution in [-0.4, -0.2) is 10.8 Å². The van der Waals surface area contributed by atoms with Crippen LogP contribution < -0.4 is 5.32 Å². The molecular formula is C14H10Br2N2O3. The van der Waals surface area contributed by atoms with Gasteiger partial charge in [-0.05, 0) is 62.5 Å². The number of non-ortho nitro benzene ring substituents is 1. The van der Waals surface area contributed by atoms with E-state index in [0.29, 0.717) is 20.2 Å². The third kappa shape index (κ3) is 3.68. The Balaban J connectivity index is 2.31. The van der Waals surface area contributed by atoms with Crippen LogP contribution in [0.4, 0.5) is 11.4 Å². The maximum absolute atomic E-state index is 12.2. The number of halogens is 2. The molecule has 0 heterocycles. The molecule has 0 spiro atoms. The first-order valence-electron chi connectivity index (χ1n) is 5.90. The molecule has 0 fully saturated rings. The van der Waals surface area contributed by atoms with Gasteiger partial charge in [-0.25, -0.2) is 0 Å². The molecule has 5 nitrogen and oxygen atoms in total. The molecule has 2 rings (SSSR count). The predicted molar refractivity (Wildman–Crippen MR) is 87.6 cm³/mol. The molecule has 108 valence electrons. The molecule has 1 amide bonds. The van der Waals surface area contributed by atoms with Crippen molar-refractivity contribution in [3.05, 3.63) is 66.6 Å². The maximum Gasteiger partial charge on any atom is 0.271 e. The smallest absolute Gasteiger partial charge is 0.271 e. The van der Waals surface area contributed by atoms with Gasteiger partial charge in [0.05, 0.1) is 16.2 Å². The fourth-order valence-corrected chi connectivity index (χ4v) is 2.74. The first kappa shape index (κ1) is 15.7. The summed E-state index contributed by atoms with van der Waals surface area (Å²) in [5.41, 5.74) is 1.74. The van der Waals surface area contributed by atoms with Gasteiger partial charge in [-0.1, -0.05) is 6.07 Å². The van der Waals surface area contributed by atoms with E-state index < -0.39 is 4.92 Å². The first-order chi connectivity index (χ1) is 9.88. The zero-order chi connectivity index (χ0) is 15.6. The Morgan fingerprint density at radius 2 is 1.86 bits per heavy atom. The largest absolute Gasteiger partial charge is 0.321 e. The van der Waals surface area contributed by atoms with E-state index in [9.17, 15) is 14.9 Å². The summed E-state index contributed by atoms with van der Waals surface area (Å²) >= 11 is 6.60. The Morgan fingerprint density at radius 1 is 1.14 bits per heavy atom. The second-order valence-corrected chi connectivity index (χ2v) is 6.07. The lowest BCUT2D eigenvalue weighted by atomic mass is 10.1. The Morgan fingerprint density at radius 3 is 2.48 bits per heavy atom. The number of hydrogen-bond donors (Lipinski definition) is 1. The molecule has 0 aliphatic rings. The SMILES string of the molecule is Cc1ccc(C(=O)Nc2cc([N+](=O)[O-])ccc2Br)c(Br)c1. The minimum Gasteiger partial charge on any atom is -0.321 e. The molecule has 0 unspecified atom stereocenters. The quantitative estimate of drug-likeness (QED) is 0.586. The molecule has 7 heteroatoms. The van der Waals surface area contributed by atoms with Gasteiger partial charge in [0.2, 0.25) is 0 Å². The summed E-state index contributed by atoms with van der Waals surface area (Å²) in [5.74, 6) is -0.344. The molecule has 2 aromatic carbocycles. The van der Waals surface area contributed by atoms with Gasteiger partial charge in [0.15, 0.2) is 0 Å². The molecule has 0 atom stereocenters. The molecule has 0 radical (unpaired) electrons. The van der Waals surface area contributed by atoms with Crippen molar-refractivity contribution in [1.82, 2.24) is 0 Å². The van der Waals surface area contributed by atoms with Crippen molar-refractivity contribution in [3.8, 4) is 0 Å². The summed E-state index contributed by atoms with van der Waals surface area (Å²) in [4.78, 5) is 22.5. The van der Waals surface area contributed by atoms with Crippen molar-refractivity contribution < 1.29 is 9.72 Å². The Bertz CT molecular complexity index is 732. The zero-order valence-corrected chi connectivity index (χ0v) is 14.1. The minimum absolute atomic E-state index is 0.0866. The Hall–Kier alpha value is -1.73. The molecule has 1 N–H and O–H groups in total. The van der Waals surface area contributed by atoms with Gasteiger partial charge < -0.3 is 5.32 Å². The van der Waals surface area contributed by atoms with Crippen molar-refractivity contribution in [2.45, 2.75) is 6.92 Å².